The molecule has 1 aromatic rings. The lowest BCUT2D eigenvalue weighted by atomic mass is 10.1. The van der Waals surface area contributed by atoms with Crippen LogP contribution in [0.1, 0.15) is 17.7 Å². The monoisotopic (exact) mass is 289 g/mol. The largest absolute Gasteiger partial charge is 0.380 e. The number of halogens is 1. The van der Waals surface area contributed by atoms with Crippen LogP contribution in [0.5, 0.6) is 0 Å². The molecule has 1 atom stereocenters. The molecule has 0 N–H and O–H groups in total. The van der Waals surface area contributed by atoms with Crippen LogP contribution < -0.4 is 0 Å². The van der Waals surface area contributed by atoms with Gasteiger partial charge in [-0.05, 0) is 47.4 Å². The molecule has 0 aliphatic carbocycles. The highest BCUT2D eigenvalue weighted by molar-refractivity contribution is 9.11. The van der Waals surface area contributed by atoms with Crippen molar-refractivity contribution in [1.82, 2.24) is 4.90 Å². The zero-order valence-corrected chi connectivity index (χ0v) is 11.3. The Bertz CT molecular complexity index is 315. The molecule has 0 saturated carbocycles. The van der Waals surface area contributed by atoms with E-state index in [1.807, 2.05) is 18.4 Å². The van der Waals surface area contributed by atoms with Gasteiger partial charge < -0.3 is 4.74 Å². The Balaban J connectivity index is 1.88. The van der Waals surface area contributed by atoms with E-state index in [1.54, 1.807) is 0 Å². The molecule has 1 unspecified atom stereocenters. The summed E-state index contributed by atoms with van der Waals surface area (Å²) in [5.41, 5.74) is 0. The average molecular weight is 290 g/mol. The number of rotatable bonds is 3. The molecule has 0 aromatic carbocycles. The summed E-state index contributed by atoms with van der Waals surface area (Å²) in [6.45, 7) is 3.34. The first-order valence-corrected chi connectivity index (χ1v) is 6.88. The van der Waals surface area contributed by atoms with Gasteiger partial charge in [0.1, 0.15) is 0 Å². The number of nitrogens with zero attached hydrogens (tertiary/aromatic N) is 1. The quantitative estimate of drug-likeness (QED) is 0.848. The third-order valence-electron chi connectivity index (χ3n) is 2.80. The van der Waals surface area contributed by atoms with Gasteiger partial charge in [-0.1, -0.05) is 0 Å². The van der Waals surface area contributed by atoms with Crippen LogP contribution in [-0.4, -0.2) is 31.2 Å². The van der Waals surface area contributed by atoms with E-state index in [0.717, 1.165) is 13.1 Å². The summed E-state index contributed by atoms with van der Waals surface area (Å²) in [6, 6.07) is 4.32. The van der Waals surface area contributed by atoms with Crippen LogP contribution in [0.3, 0.4) is 0 Å². The van der Waals surface area contributed by atoms with Crippen molar-refractivity contribution in [2.24, 2.45) is 0 Å². The topological polar surface area (TPSA) is 12.5 Å². The minimum Gasteiger partial charge on any atom is -0.380 e. The molecule has 1 aliphatic rings. The third-order valence-corrected chi connectivity index (χ3v) is 4.41. The Labute approximate surface area is 103 Å². The van der Waals surface area contributed by atoms with Gasteiger partial charge in [-0.15, -0.1) is 11.3 Å². The fraction of sp³-hybridized carbons (Fsp3) is 0.636. The maximum atomic E-state index is 5.42. The Hall–Kier alpha value is 0.1000. The van der Waals surface area contributed by atoms with Crippen molar-refractivity contribution in [3.05, 3.63) is 20.8 Å². The van der Waals surface area contributed by atoms with Gasteiger partial charge in [0.15, 0.2) is 0 Å². The first kappa shape index (κ1) is 11.6. The first-order valence-electron chi connectivity index (χ1n) is 5.27. The Kier molecular flexibility index (Phi) is 4.20. The van der Waals surface area contributed by atoms with Crippen molar-refractivity contribution < 1.29 is 4.74 Å². The second-order valence-corrected chi connectivity index (χ2v) is 6.49. The van der Waals surface area contributed by atoms with Crippen LogP contribution in [0.15, 0.2) is 15.9 Å². The van der Waals surface area contributed by atoms with E-state index in [0.29, 0.717) is 6.10 Å². The van der Waals surface area contributed by atoms with Crippen molar-refractivity contribution in [2.75, 3.05) is 20.2 Å². The highest BCUT2D eigenvalue weighted by atomic mass is 79.9. The second-order valence-electron chi connectivity index (χ2n) is 3.94. The predicted octanol–water partition coefficient (Wildman–Crippen LogP) is 3.12. The molecule has 1 saturated heterocycles. The van der Waals surface area contributed by atoms with Crippen LogP contribution in [0.2, 0.25) is 0 Å². The minimum atomic E-state index is 0.433. The standard InChI is InChI=1S/C11H16BrNOS/c1-14-9-3-2-6-13(7-9)8-10-4-5-11(12)15-10/h4-5,9H,2-3,6-8H2,1H3. The van der Waals surface area contributed by atoms with Crippen LogP contribution in [0.4, 0.5) is 0 Å². The normalized spacial score (nSPS) is 23.2. The van der Waals surface area contributed by atoms with E-state index in [4.69, 9.17) is 4.74 Å². The van der Waals surface area contributed by atoms with E-state index in [-0.39, 0.29) is 0 Å². The molecule has 1 fully saturated rings. The summed E-state index contributed by atoms with van der Waals surface area (Å²) in [5, 5.41) is 0. The maximum Gasteiger partial charge on any atom is 0.0701 e. The molecule has 0 bridgehead atoms. The van der Waals surface area contributed by atoms with Gasteiger partial charge in [-0.25, -0.2) is 0 Å². The SMILES string of the molecule is COC1CCCN(Cc2ccc(Br)s2)C1. The average Bonchev–Trinajstić information content (AvgIpc) is 2.64. The van der Waals surface area contributed by atoms with Gasteiger partial charge in [0, 0.05) is 25.1 Å². The maximum absolute atomic E-state index is 5.42. The summed E-state index contributed by atoms with van der Waals surface area (Å²) in [4.78, 5) is 3.91. The highest BCUT2D eigenvalue weighted by Gasteiger charge is 2.19. The van der Waals surface area contributed by atoms with Crippen LogP contribution in [0.25, 0.3) is 0 Å². The molecule has 0 amide bonds. The smallest absolute Gasteiger partial charge is 0.0701 e. The molecular formula is C11H16BrNOS. The number of hydrogen-bond acceptors (Lipinski definition) is 3. The van der Waals surface area contributed by atoms with E-state index >= 15 is 0 Å². The molecule has 1 aromatic heterocycles. The second kappa shape index (κ2) is 5.43. The summed E-state index contributed by atoms with van der Waals surface area (Å²) in [5.74, 6) is 0. The molecule has 2 nitrogen and oxygen atoms in total. The fourth-order valence-corrected chi connectivity index (χ4v) is 3.53. The molecular weight excluding hydrogens is 274 g/mol. The summed E-state index contributed by atoms with van der Waals surface area (Å²) in [7, 11) is 1.82. The third kappa shape index (κ3) is 3.28. The summed E-state index contributed by atoms with van der Waals surface area (Å²) < 4.78 is 6.64. The molecule has 4 heteroatoms. The number of likely N-dealkylation sites (tertiary alicyclic amines) is 1. The van der Waals surface area contributed by atoms with Gasteiger partial charge in [-0.3, -0.25) is 4.90 Å². The first-order chi connectivity index (χ1) is 7.28. The van der Waals surface area contributed by atoms with E-state index in [1.165, 1.54) is 28.0 Å². The van der Waals surface area contributed by atoms with Crippen LogP contribution >= 0.6 is 27.3 Å². The number of hydrogen-bond donors (Lipinski definition) is 0. The lowest BCUT2D eigenvalue weighted by Crippen LogP contribution is -2.38. The molecule has 2 heterocycles. The number of ether oxygens (including phenoxy) is 1. The predicted molar refractivity (Wildman–Crippen MR) is 67.3 cm³/mol. The van der Waals surface area contributed by atoms with E-state index in [9.17, 15) is 0 Å². The molecule has 1 aliphatic heterocycles. The van der Waals surface area contributed by atoms with Crippen molar-refractivity contribution >= 4 is 27.3 Å². The van der Waals surface area contributed by atoms with Gasteiger partial charge in [0.25, 0.3) is 0 Å². The van der Waals surface area contributed by atoms with Gasteiger partial charge in [0.2, 0.25) is 0 Å². The van der Waals surface area contributed by atoms with Crippen LogP contribution in [0, 0.1) is 0 Å². The van der Waals surface area contributed by atoms with Crippen molar-refractivity contribution in [1.29, 1.82) is 0 Å². The summed E-state index contributed by atoms with van der Waals surface area (Å²) in [6.07, 6.45) is 2.90. The van der Waals surface area contributed by atoms with Crippen molar-refractivity contribution in [2.45, 2.75) is 25.5 Å². The van der Waals surface area contributed by atoms with Crippen LogP contribution in [-0.2, 0) is 11.3 Å². The Morgan fingerprint density at radius 3 is 3.13 bits per heavy atom. The van der Waals surface area contributed by atoms with Crippen molar-refractivity contribution in [3.63, 3.8) is 0 Å². The fourth-order valence-electron chi connectivity index (χ4n) is 2.01. The Morgan fingerprint density at radius 2 is 2.47 bits per heavy atom. The van der Waals surface area contributed by atoms with Gasteiger partial charge >= 0.3 is 0 Å². The van der Waals surface area contributed by atoms with E-state index < -0.39 is 0 Å². The van der Waals surface area contributed by atoms with E-state index in [2.05, 4.69) is 33.0 Å². The highest BCUT2D eigenvalue weighted by Crippen LogP contribution is 2.24. The number of thiophene rings is 1. The summed E-state index contributed by atoms with van der Waals surface area (Å²) >= 11 is 5.32. The zero-order chi connectivity index (χ0) is 10.7. The minimum absolute atomic E-state index is 0.433. The number of methoxy groups -OCH3 is 1. The van der Waals surface area contributed by atoms with Gasteiger partial charge in [0.05, 0.1) is 9.89 Å². The number of piperidine rings is 1. The lowest BCUT2D eigenvalue weighted by Gasteiger charge is -2.31. The molecule has 2 rings (SSSR count). The zero-order valence-electron chi connectivity index (χ0n) is 8.91. The molecule has 0 spiro atoms. The van der Waals surface area contributed by atoms with Gasteiger partial charge in [-0.2, -0.15) is 0 Å². The molecule has 0 radical (unpaired) electrons. The van der Waals surface area contributed by atoms with Crippen molar-refractivity contribution in [3.8, 4) is 0 Å². The molecule has 84 valence electrons. The lowest BCUT2D eigenvalue weighted by molar-refractivity contribution is 0.0289. The molecule has 15 heavy (non-hydrogen) atoms. The Morgan fingerprint density at radius 1 is 1.60 bits per heavy atom.